The van der Waals surface area contributed by atoms with Crippen molar-refractivity contribution >= 4 is 34.7 Å². The minimum Gasteiger partial charge on any atom is -0.497 e. The molecule has 0 aliphatic carbocycles. The van der Waals surface area contributed by atoms with E-state index in [1.54, 1.807) is 37.1 Å². The Morgan fingerprint density at radius 2 is 1.89 bits per heavy atom. The van der Waals surface area contributed by atoms with Gasteiger partial charge < -0.3 is 23.7 Å². The molecule has 10 heteroatoms. The molecule has 0 radical (unpaired) electrons. The second-order valence-electron chi connectivity index (χ2n) is 7.46. The van der Waals surface area contributed by atoms with Crippen LogP contribution in [0.15, 0.2) is 58.7 Å². The minimum absolute atomic E-state index is 0.0849. The average molecular weight is 490 g/mol. The van der Waals surface area contributed by atoms with Gasteiger partial charge in [-0.2, -0.15) is 5.26 Å². The second-order valence-corrected chi connectivity index (χ2v) is 8.46. The van der Waals surface area contributed by atoms with Gasteiger partial charge in [0.1, 0.15) is 22.9 Å². The van der Waals surface area contributed by atoms with Gasteiger partial charge >= 0.3 is 5.97 Å². The third-order valence-corrected chi connectivity index (χ3v) is 6.40. The van der Waals surface area contributed by atoms with Gasteiger partial charge in [0.05, 0.1) is 20.3 Å². The standard InChI is InChI=1S/C25H23N5O4S/c1-4-30-23(16-11-18(33-2)14-19(12-16)34-3)27-28-25(30)35-22(24(31)32)13-17-15-29(10-9-26)21-8-6-5-7-20(17)21/h5-8,11-15H,4,10H2,1-3H3,(H,31,32)/b22-13-. The summed E-state index contributed by atoms with van der Waals surface area (Å²) >= 11 is 1.02. The number of carboxylic acid groups (broad SMARTS) is 1. The number of thioether (sulfide) groups is 1. The van der Waals surface area contributed by atoms with Gasteiger partial charge in [0.2, 0.25) is 0 Å². The lowest BCUT2D eigenvalue weighted by molar-refractivity contribution is -0.131. The third kappa shape index (κ3) is 4.85. The van der Waals surface area contributed by atoms with E-state index >= 15 is 0 Å². The molecule has 4 aromatic rings. The molecule has 0 saturated carbocycles. The predicted octanol–water partition coefficient (Wildman–Crippen LogP) is 4.68. The maximum absolute atomic E-state index is 12.2. The molecule has 0 atom stereocenters. The summed E-state index contributed by atoms with van der Waals surface area (Å²) in [5, 5.41) is 29.0. The number of para-hydroxylation sites is 1. The average Bonchev–Trinajstić information content (AvgIpc) is 3.44. The molecule has 2 heterocycles. The van der Waals surface area contributed by atoms with Crippen molar-refractivity contribution in [2.45, 2.75) is 25.2 Å². The van der Waals surface area contributed by atoms with E-state index in [0.717, 1.165) is 28.2 Å². The molecule has 0 aliphatic heterocycles. The summed E-state index contributed by atoms with van der Waals surface area (Å²) in [6, 6.07) is 15.1. The number of benzene rings is 2. The van der Waals surface area contributed by atoms with Crippen molar-refractivity contribution < 1.29 is 19.4 Å². The van der Waals surface area contributed by atoms with Crippen LogP contribution in [0.4, 0.5) is 0 Å². The number of fused-ring (bicyclic) bond motifs is 1. The van der Waals surface area contributed by atoms with Crippen LogP contribution in [0.1, 0.15) is 12.5 Å². The molecular weight excluding hydrogens is 466 g/mol. The first-order chi connectivity index (χ1) is 17.0. The van der Waals surface area contributed by atoms with E-state index in [-0.39, 0.29) is 11.4 Å². The van der Waals surface area contributed by atoms with Crippen LogP contribution in [0.5, 0.6) is 11.5 Å². The zero-order valence-corrected chi connectivity index (χ0v) is 20.2. The number of aromatic nitrogens is 4. The predicted molar refractivity (Wildman–Crippen MR) is 133 cm³/mol. The molecule has 0 fully saturated rings. The number of ether oxygens (including phenoxy) is 2. The number of methoxy groups -OCH3 is 2. The van der Waals surface area contributed by atoms with Crippen molar-refractivity contribution in [2.24, 2.45) is 0 Å². The zero-order valence-electron chi connectivity index (χ0n) is 19.4. The SMILES string of the molecule is CCn1c(S/C(=C\c2cn(CC#N)c3ccccc23)C(=O)O)nnc1-c1cc(OC)cc(OC)c1. The normalized spacial score (nSPS) is 11.4. The number of aliphatic carboxylic acids is 1. The molecule has 0 saturated heterocycles. The Bertz CT molecular complexity index is 1440. The highest BCUT2D eigenvalue weighted by atomic mass is 32.2. The van der Waals surface area contributed by atoms with E-state index in [9.17, 15) is 9.90 Å². The monoisotopic (exact) mass is 489 g/mol. The van der Waals surface area contributed by atoms with Crippen LogP contribution in [0, 0.1) is 11.3 Å². The Kier molecular flexibility index (Phi) is 7.08. The molecule has 2 aromatic heterocycles. The van der Waals surface area contributed by atoms with Crippen LogP contribution >= 0.6 is 11.8 Å². The Balaban J connectivity index is 1.75. The van der Waals surface area contributed by atoms with Gasteiger partial charge in [-0.25, -0.2) is 4.79 Å². The third-order valence-electron chi connectivity index (χ3n) is 5.40. The van der Waals surface area contributed by atoms with Crippen LogP contribution in [0.2, 0.25) is 0 Å². The Morgan fingerprint density at radius 1 is 1.17 bits per heavy atom. The molecular formula is C25H23N5O4S. The van der Waals surface area contributed by atoms with Crippen molar-refractivity contribution in [3.8, 4) is 29.0 Å². The van der Waals surface area contributed by atoms with E-state index in [2.05, 4.69) is 16.3 Å². The quantitative estimate of drug-likeness (QED) is 0.266. The fourth-order valence-electron chi connectivity index (χ4n) is 3.77. The fourth-order valence-corrected chi connectivity index (χ4v) is 4.65. The van der Waals surface area contributed by atoms with Crippen LogP contribution in [-0.2, 0) is 17.9 Å². The summed E-state index contributed by atoms with van der Waals surface area (Å²) < 4.78 is 14.4. The topological polar surface area (TPSA) is 115 Å². The molecule has 1 N–H and O–H groups in total. The number of hydrogen-bond acceptors (Lipinski definition) is 7. The fraction of sp³-hybridized carbons (Fsp3) is 0.200. The smallest absolute Gasteiger partial charge is 0.342 e. The van der Waals surface area contributed by atoms with Crippen molar-refractivity contribution in [2.75, 3.05) is 14.2 Å². The van der Waals surface area contributed by atoms with Crippen molar-refractivity contribution in [1.82, 2.24) is 19.3 Å². The number of rotatable bonds is 9. The highest BCUT2D eigenvalue weighted by Crippen LogP contribution is 2.34. The molecule has 35 heavy (non-hydrogen) atoms. The van der Waals surface area contributed by atoms with Crippen molar-refractivity contribution in [1.29, 1.82) is 5.26 Å². The Labute approximate surface area is 206 Å². The molecule has 2 aromatic carbocycles. The number of hydrogen-bond donors (Lipinski definition) is 1. The van der Waals surface area contributed by atoms with Gasteiger partial charge in [0, 0.05) is 40.8 Å². The molecule has 178 valence electrons. The van der Waals surface area contributed by atoms with Gasteiger partial charge in [-0.1, -0.05) is 18.2 Å². The van der Waals surface area contributed by atoms with E-state index < -0.39 is 5.97 Å². The van der Waals surface area contributed by atoms with Crippen molar-refractivity contribution in [3.05, 3.63) is 59.1 Å². The lowest BCUT2D eigenvalue weighted by Gasteiger charge is -2.10. The first-order valence-corrected chi connectivity index (χ1v) is 11.5. The summed E-state index contributed by atoms with van der Waals surface area (Å²) in [4.78, 5) is 12.3. The molecule has 0 spiro atoms. The molecule has 0 bridgehead atoms. The minimum atomic E-state index is -1.08. The van der Waals surface area contributed by atoms with Crippen LogP contribution in [-0.4, -0.2) is 44.6 Å². The van der Waals surface area contributed by atoms with E-state index in [4.69, 9.17) is 14.7 Å². The zero-order chi connectivity index (χ0) is 24.9. The maximum Gasteiger partial charge on any atom is 0.342 e. The van der Waals surface area contributed by atoms with Gasteiger partial charge in [-0.15, -0.1) is 10.2 Å². The Morgan fingerprint density at radius 3 is 2.51 bits per heavy atom. The number of nitriles is 1. The van der Waals surface area contributed by atoms with Crippen LogP contribution in [0.3, 0.4) is 0 Å². The van der Waals surface area contributed by atoms with Crippen LogP contribution < -0.4 is 9.47 Å². The lowest BCUT2D eigenvalue weighted by Crippen LogP contribution is -2.03. The maximum atomic E-state index is 12.2. The first-order valence-electron chi connectivity index (χ1n) is 10.7. The number of nitrogens with zero attached hydrogens (tertiary/aromatic N) is 5. The summed E-state index contributed by atoms with van der Waals surface area (Å²) in [5.74, 6) is 0.711. The van der Waals surface area contributed by atoms with Crippen LogP contribution in [0.25, 0.3) is 28.4 Å². The summed E-state index contributed by atoms with van der Waals surface area (Å²) in [6.45, 7) is 2.63. The molecule has 0 amide bonds. The number of carbonyl (C=O) groups is 1. The van der Waals surface area contributed by atoms with Gasteiger partial charge in [0.25, 0.3) is 0 Å². The Hall–Kier alpha value is -4.23. The van der Waals surface area contributed by atoms with E-state index in [1.807, 2.05) is 47.9 Å². The van der Waals surface area contributed by atoms with Gasteiger partial charge in [-0.3, -0.25) is 0 Å². The number of carboxylic acids is 1. The summed E-state index contributed by atoms with van der Waals surface area (Å²) in [6.07, 6.45) is 3.39. The molecule has 0 unspecified atom stereocenters. The van der Waals surface area contributed by atoms with Gasteiger partial charge in [-0.05, 0) is 43.0 Å². The van der Waals surface area contributed by atoms with E-state index in [0.29, 0.717) is 34.6 Å². The van der Waals surface area contributed by atoms with Crippen molar-refractivity contribution in [3.63, 3.8) is 0 Å². The molecule has 9 nitrogen and oxygen atoms in total. The largest absolute Gasteiger partial charge is 0.497 e. The molecule has 0 aliphatic rings. The van der Waals surface area contributed by atoms with Gasteiger partial charge in [0.15, 0.2) is 11.0 Å². The summed E-state index contributed by atoms with van der Waals surface area (Å²) in [7, 11) is 3.14. The second kappa shape index (κ2) is 10.4. The highest BCUT2D eigenvalue weighted by Gasteiger charge is 2.20. The highest BCUT2D eigenvalue weighted by molar-refractivity contribution is 8.04. The molecule has 4 rings (SSSR count). The van der Waals surface area contributed by atoms with E-state index in [1.165, 1.54) is 0 Å². The lowest BCUT2D eigenvalue weighted by atomic mass is 10.1. The first kappa shape index (κ1) is 23.9. The summed E-state index contributed by atoms with van der Waals surface area (Å²) in [5.41, 5.74) is 2.31.